The number of para-hydroxylation sites is 1. The first-order valence-corrected chi connectivity index (χ1v) is 7.39. The Balaban J connectivity index is 1.89. The van der Waals surface area contributed by atoms with Crippen LogP contribution in [0, 0.1) is 0 Å². The quantitative estimate of drug-likeness (QED) is 0.627. The summed E-state index contributed by atoms with van der Waals surface area (Å²) < 4.78 is 1.79. The number of nitrogens with one attached hydrogen (secondary N) is 1. The second-order valence-corrected chi connectivity index (χ2v) is 5.03. The summed E-state index contributed by atoms with van der Waals surface area (Å²) in [5.41, 5.74) is 3.55. The molecule has 1 aromatic carbocycles. The van der Waals surface area contributed by atoms with Gasteiger partial charge in [-0.3, -0.25) is 5.10 Å². The summed E-state index contributed by atoms with van der Waals surface area (Å²) in [5.74, 6) is 0.781. The fourth-order valence-corrected chi connectivity index (χ4v) is 2.65. The van der Waals surface area contributed by atoms with E-state index in [1.807, 2.05) is 24.4 Å². The summed E-state index contributed by atoms with van der Waals surface area (Å²) in [4.78, 5) is 11.2. The monoisotopic (exact) mass is 305 g/mol. The number of nitrogens with zero attached hydrogens (tertiary/aromatic N) is 6. The molecular formula is C16H15N7. The summed E-state index contributed by atoms with van der Waals surface area (Å²) >= 11 is 0. The number of H-pyrrole nitrogens is 1. The van der Waals surface area contributed by atoms with Gasteiger partial charge in [0.05, 0.1) is 18.1 Å². The Bertz CT molecular complexity index is 912. The average Bonchev–Trinajstić information content (AvgIpc) is 3.28. The number of hydrogen-bond acceptors (Lipinski definition) is 5. The zero-order chi connectivity index (χ0) is 15.6. The molecule has 1 N–H and O–H groups in total. The van der Waals surface area contributed by atoms with Gasteiger partial charge in [-0.2, -0.15) is 10.2 Å². The van der Waals surface area contributed by atoms with Crippen LogP contribution in [-0.2, 0) is 0 Å². The summed E-state index contributed by atoms with van der Waals surface area (Å²) in [6.07, 6.45) is 6.90. The molecule has 0 aliphatic heterocycles. The van der Waals surface area contributed by atoms with Crippen LogP contribution in [0.3, 0.4) is 0 Å². The molecule has 0 atom stereocenters. The highest BCUT2D eigenvalue weighted by Crippen LogP contribution is 2.28. The van der Waals surface area contributed by atoms with Crippen LogP contribution in [0.25, 0.3) is 16.9 Å². The summed E-state index contributed by atoms with van der Waals surface area (Å²) in [6.45, 7) is 2.87. The van der Waals surface area contributed by atoms with Crippen LogP contribution in [0.2, 0.25) is 0 Å². The van der Waals surface area contributed by atoms with Gasteiger partial charge in [0.1, 0.15) is 6.33 Å². The van der Waals surface area contributed by atoms with E-state index >= 15 is 0 Å². The van der Waals surface area contributed by atoms with E-state index in [1.165, 1.54) is 0 Å². The molecule has 7 nitrogen and oxygen atoms in total. The minimum absolute atomic E-state index is 0.717. The van der Waals surface area contributed by atoms with Crippen molar-refractivity contribution in [2.24, 2.45) is 0 Å². The highest BCUT2D eigenvalue weighted by Gasteiger charge is 2.17. The highest BCUT2D eigenvalue weighted by molar-refractivity contribution is 5.74. The number of rotatable bonds is 4. The Kier molecular flexibility index (Phi) is 3.23. The van der Waals surface area contributed by atoms with Crippen LogP contribution in [-0.4, -0.2) is 36.3 Å². The van der Waals surface area contributed by atoms with Crippen LogP contribution in [0.5, 0.6) is 0 Å². The minimum Gasteiger partial charge on any atom is -0.324 e. The largest absolute Gasteiger partial charge is 0.324 e. The Hall–Kier alpha value is -3.22. The number of anilines is 2. The van der Waals surface area contributed by atoms with E-state index in [9.17, 15) is 0 Å². The van der Waals surface area contributed by atoms with Crippen molar-refractivity contribution in [1.29, 1.82) is 0 Å². The van der Waals surface area contributed by atoms with Gasteiger partial charge in [-0.15, -0.1) is 0 Å². The van der Waals surface area contributed by atoms with Crippen molar-refractivity contribution in [3.05, 3.63) is 55.2 Å². The molecule has 0 aliphatic rings. The molecule has 3 aromatic heterocycles. The second-order valence-electron chi connectivity index (χ2n) is 5.03. The third-order valence-corrected chi connectivity index (χ3v) is 3.72. The molecule has 0 saturated carbocycles. The number of fused-ring (bicyclic) bond motifs is 1. The smallest absolute Gasteiger partial charge is 0.199 e. The average molecular weight is 305 g/mol. The topological polar surface area (TPSA) is 75.0 Å². The van der Waals surface area contributed by atoms with Gasteiger partial charge in [-0.1, -0.05) is 18.2 Å². The SMILES string of the molecule is CCN(c1ccccc1)c1ncc(-c2cn[nH]c2)n2ncnc12. The lowest BCUT2D eigenvalue weighted by atomic mass is 10.2. The predicted molar refractivity (Wildman–Crippen MR) is 87.5 cm³/mol. The standard InChI is InChI=1S/C16H15N7/c1-2-22(13-6-4-3-5-7-13)15-16-18-11-21-23(16)14(10-17-15)12-8-19-20-9-12/h3-11H,2H2,1H3,(H,19,20). The van der Waals surface area contributed by atoms with Gasteiger partial charge in [0.2, 0.25) is 0 Å². The number of hydrogen-bond donors (Lipinski definition) is 1. The fourth-order valence-electron chi connectivity index (χ4n) is 2.65. The van der Waals surface area contributed by atoms with Crippen molar-refractivity contribution in [1.82, 2.24) is 29.8 Å². The van der Waals surface area contributed by atoms with Gasteiger partial charge in [0.25, 0.3) is 0 Å². The lowest BCUT2D eigenvalue weighted by molar-refractivity contribution is 0.928. The zero-order valence-electron chi connectivity index (χ0n) is 12.6. The van der Waals surface area contributed by atoms with Crippen LogP contribution in [0.4, 0.5) is 11.5 Å². The van der Waals surface area contributed by atoms with Crippen molar-refractivity contribution < 1.29 is 0 Å². The van der Waals surface area contributed by atoms with Crippen molar-refractivity contribution in [3.8, 4) is 11.3 Å². The summed E-state index contributed by atoms with van der Waals surface area (Å²) in [5, 5.41) is 11.1. The van der Waals surface area contributed by atoms with Gasteiger partial charge in [0, 0.05) is 24.0 Å². The molecule has 0 radical (unpaired) electrons. The lowest BCUT2D eigenvalue weighted by Crippen LogP contribution is -2.18. The van der Waals surface area contributed by atoms with E-state index < -0.39 is 0 Å². The Labute approximate surface area is 132 Å². The lowest BCUT2D eigenvalue weighted by Gasteiger charge is -2.22. The van der Waals surface area contributed by atoms with E-state index in [4.69, 9.17) is 0 Å². The van der Waals surface area contributed by atoms with Crippen molar-refractivity contribution in [3.63, 3.8) is 0 Å². The first kappa shape index (κ1) is 13.4. The van der Waals surface area contributed by atoms with E-state index in [-0.39, 0.29) is 0 Å². The van der Waals surface area contributed by atoms with Gasteiger partial charge in [-0.05, 0) is 19.1 Å². The van der Waals surface area contributed by atoms with Gasteiger partial charge in [-0.25, -0.2) is 14.5 Å². The molecular weight excluding hydrogens is 290 g/mol. The van der Waals surface area contributed by atoms with E-state index in [1.54, 1.807) is 23.2 Å². The summed E-state index contributed by atoms with van der Waals surface area (Å²) in [6, 6.07) is 10.1. The molecule has 0 bridgehead atoms. The molecule has 0 fully saturated rings. The number of aromatic nitrogens is 6. The van der Waals surface area contributed by atoms with E-state index in [0.717, 1.165) is 35.0 Å². The molecule has 0 spiro atoms. The molecule has 0 saturated heterocycles. The first-order chi connectivity index (χ1) is 11.4. The normalized spacial score (nSPS) is 11.0. The maximum atomic E-state index is 4.64. The highest BCUT2D eigenvalue weighted by atomic mass is 15.3. The Morgan fingerprint density at radius 2 is 2.00 bits per heavy atom. The van der Waals surface area contributed by atoms with Crippen LogP contribution in [0.15, 0.2) is 55.2 Å². The zero-order valence-corrected chi connectivity index (χ0v) is 12.6. The van der Waals surface area contributed by atoms with Gasteiger partial charge >= 0.3 is 0 Å². The van der Waals surface area contributed by atoms with Crippen molar-refractivity contribution in [2.75, 3.05) is 11.4 Å². The van der Waals surface area contributed by atoms with Crippen molar-refractivity contribution >= 4 is 17.2 Å². The van der Waals surface area contributed by atoms with Gasteiger partial charge < -0.3 is 4.90 Å². The predicted octanol–water partition coefficient (Wildman–Crippen LogP) is 2.67. The Morgan fingerprint density at radius 1 is 1.13 bits per heavy atom. The molecule has 7 heteroatoms. The van der Waals surface area contributed by atoms with Crippen LogP contribution in [0.1, 0.15) is 6.92 Å². The first-order valence-electron chi connectivity index (χ1n) is 7.39. The molecule has 0 amide bonds. The second kappa shape index (κ2) is 5.53. The third-order valence-electron chi connectivity index (χ3n) is 3.72. The van der Waals surface area contributed by atoms with Gasteiger partial charge in [0.15, 0.2) is 11.5 Å². The van der Waals surface area contributed by atoms with E-state index in [0.29, 0.717) is 0 Å². The van der Waals surface area contributed by atoms with Crippen LogP contribution < -0.4 is 4.90 Å². The maximum Gasteiger partial charge on any atom is 0.199 e. The molecule has 0 unspecified atom stereocenters. The number of aromatic amines is 1. The molecule has 114 valence electrons. The number of benzene rings is 1. The third kappa shape index (κ3) is 2.22. The molecule has 4 aromatic rings. The maximum absolute atomic E-state index is 4.64. The molecule has 4 rings (SSSR count). The fraction of sp³-hybridized carbons (Fsp3) is 0.125. The van der Waals surface area contributed by atoms with E-state index in [2.05, 4.69) is 49.2 Å². The Morgan fingerprint density at radius 3 is 2.74 bits per heavy atom. The summed E-state index contributed by atoms with van der Waals surface area (Å²) in [7, 11) is 0. The van der Waals surface area contributed by atoms with Crippen molar-refractivity contribution in [2.45, 2.75) is 6.92 Å². The van der Waals surface area contributed by atoms with Crippen LogP contribution >= 0.6 is 0 Å². The minimum atomic E-state index is 0.717. The molecule has 0 aliphatic carbocycles. The molecule has 23 heavy (non-hydrogen) atoms. The molecule has 3 heterocycles.